The Morgan fingerprint density at radius 2 is 1.73 bits per heavy atom. The van der Waals surface area contributed by atoms with Gasteiger partial charge in [-0.2, -0.15) is 0 Å². The average Bonchev–Trinajstić information content (AvgIpc) is 2.84. The standard InChI is InChI=1S/C16H11IN2O3/c17-9-5-7-10(8-6-9)18-16(22)14(20)13-11-3-1-2-4-12(11)19-15(13)21/h1-8,13H,(H,18,22)(H,19,21)/t13-/m1/s1. The number of halogens is 1. The van der Waals surface area contributed by atoms with Gasteiger partial charge in [0, 0.05) is 14.9 Å². The van der Waals surface area contributed by atoms with Gasteiger partial charge in [-0.05, 0) is 58.5 Å². The van der Waals surface area contributed by atoms with Gasteiger partial charge in [-0.1, -0.05) is 18.2 Å². The van der Waals surface area contributed by atoms with Gasteiger partial charge in [0.1, 0.15) is 5.92 Å². The number of fused-ring (bicyclic) bond motifs is 1. The largest absolute Gasteiger partial charge is 0.325 e. The first-order chi connectivity index (χ1) is 10.6. The number of carbonyl (C=O) groups is 3. The highest BCUT2D eigenvalue weighted by atomic mass is 127. The second-order valence-corrected chi connectivity index (χ2v) is 6.08. The summed E-state index contributed by atoms with van der Waals surface area (Å²) in [6.07, 6.45) is 0. The number of nitrogens with one attached hydrogen (secondary N) is 2. The maximum atomic E-state index is 12.3. The Balaban J connectivity index is 1.80. The lowest BCUT2D eigenvalue weighted by Gasteiger charge is -2.08. The third kappa shape index (κ3) is 2.74. The normalized spacial score (nSPS) is 15.9. The van der Waals surface area contributed by atoms with E-state index < -0.39 is 23.5 Å². The Labute approximate surface area is 140 Å². The van der Waals surface area contributed by atoms with E-state index in [4.69, 9.17) is 0 Å². The molecule has 2 aromatic rings. The fourth-order valence-electron chi connectivity index (χ4n) is 2.33. The maximum absolute atomic E-state index is 12.3. The minimum Gasteiger partial charge on any atom is -0.325 e. The number of anilines is 2. The van der Waals surface area contributed by atoms with E-state index >= 15 is 0 Å². The van der Waals surface area contributed by atoms with Crippen LogP contribution >= 0.6 is 22.6 Å². The van der Waals surface area contributed by atoms with Crippen molar-refractivity contribution in [2.45, 2.75) is 5.92 Å². The van der Waals surface area contributed by atoms with Crippen molar-refractivity contribution in [3.05, 3.63) is 57.7 Å². The van der Waals surface area contributed by atoms with Crippen LogP contribution in [0.15, 0.2) is 48.5 Å². The molecule has 0 spiro atoms. The van der Waals surface area contributed by atoms with Gasteiger partial charge in [-0.25, -0.2) is 0 Å². The molecule has 0 aliphatic carbocycles. The van der Waals surface area contributed by atoms with Crippen molar-refractivity contribution in [1.82, 2.24) is 0 Å². The number of carbonyl (C=O) groups excluding carboxylic acids is 3. The van der Waals surface area contributed by atoms with Gasteiger partial charge in [0.2, 0.25) is 11.7 Å². The number of rotatable bonds is 3. The minimum atomic E-state index is -1.08. The molecule has 5 nitrogen and oxygen atoms in total. The van der Waals surface area contributed by atoms with Crippen LogP contribution < -0.4 is 10.6 Å². The van der Waals surface area contributed by atoms with Crippen molar-refractivity contribution >= 4 is 51.6 Å². The molecule has 2 N–H and O–H groups in total. The summed E-state index contributed by atoms with van der Waals surface area (Å²) in [4.78, 5) is 36.4. The molecule has 110 valence electrons. The zero-order valence-corrected chi connectivity index (χ0v) is 13.5. The van der Waals surface area contributed by atoms with Gasteiger partial charge in [0.05, 0.1) is 0 Å². The summed E-state index contributed by atoms with van der Waals surface area (Å²) in [5.74, 6) is -3.11. The van der Waals surface area contributed by atoms with Crippen molar-refractivity contribution in [1.29, 1.82) is 0 Å². The Hall–Kier alpha value is -2.22. The van der Waals surface area contributed by atoms with Gasteiger partial charge in [0.15, 0.2) is 0 Å². The molecule has 1 aliphatic heterocycles. The molecule has 0 unspecified atom stereocenters. The number of Topliss-reactive ketones (excluding diaryl/α,β-unsaturated/α-hetero) is 1. The fourth-order valence-corrected chi connectivity index (χ4v) is 2.69. The lowest BCUT2D eigenvalue weighted by atomic mass is 9.95. The monoisotopic (exact) mass is 406 g/mol. The number of benzene rings is 2. The lowest BCUT2D eigenvalue weighted by Crippen LogP contribution is -2.31. The highest BCUT2D eigenvalue weighted by Gasteiger charge is 2.39. The van der Waals surface area contributed by atoms with Crippen LogP contribution in [0.1, 0.15) is 11.5 Å². The van der Waals surface area contributed by atoms with Crippen molar-refractivity contribution < 1.29 is 14.4 Å². The van der Waals surface area contributed by atoms with Crippen molar-refractivity contribution in [2.75, 3.05) is 10.6 Å². The molecule has 0 radical (unpaired) electrons. The van der Waals surface area contributed by atoms with E-state index in [9.17, 15) is 14.4 Å². The highest BCUT2D eigenvalue weighted by molar-refractivity contribution is 14.1. The molecule has 0 saturated carbocycles. The summed E-state index contributed by atoms with van der Waals surface area (Å²) in [5.41, 5.74) is 1.63. The zero-order valence-electron chi connectivity index (χ0n) is 11.3. The second-order valence-electron chi connectivity index (χ2n) is 4.83. The topological polar surface area (TPSA) is 75.3 Å². The average molecular weight is 406 g/mol. The van der Waals surface area contributed by atoms with E-state index in [1.165, 1.54) is 0 Å². The Morgan fingerprint density at radius 1 is 1.05 bits per heavy atom. The molecule has 22 heavy (non-hydrogen) atoms. The highest BCUT2D eigenvalue weighted by Crippen LogP contribution is 2.32. The number of hydrogen-bond donors (Lipinski definition) is 2. The van der Waals surface area contributed by atoms with E-state index in [-0.39, 0.29) is 0 Å². The summed E-state index contributed by atoms with van der Waals surface area (Å²) in [7, 11) is 0. The molecular formula is C16H11IN2O3. The van der Waals surface area contributed by atoms with Gasteiger partial charge in [0.25, 0.3) is 5.91 Å². The predicted octanol–water partition coefficient (Wildman–Crippen LogP) is 2.53. The smallest absolute Gasteiger partial charge is 0.292 e. The third-order valence-corrected chi connectivity index (χ3v) is 4.10. The molecule has 6 heteroatoms. The molecule has 1 heterocycles. The first-order valence-electron chi connectivity index (χ1n) is 6.57. The molecule has 2 aromatic carbocycles. The van der Waals surface area contributed by atoms with Gasteiger partial charge in [-0.3, -0.25) is 14.4 Å². The van der Waals surface area contributed by atoms with Crippen LogP contribution in [0.2, 0.25) is 0 Å². The van der Waals surface area contributed by atoms with Crippen LogP contribution in [0, 0.1) is 3.57 Å². The van der Waals surface area contributed by atoms with Crippen molar-refractivity contribution in [2.24, 2.45) is 0 Å². The molecule has 1 atom stereocenters. The molecule has 0 aromatic heterocycles. The Bertz CT molecular complexity index is 771. The maximum Gasteiger partial charge on any atom is 0.292 e. The number of hydrogen-bond acceptors (Lipinski definition) is 3. The molecule has 0 bridgehead atoms. The van der Waals surface area contributed by atoms with Gasteiger partial charge < -0.3 is 10.6 Å². The van der Waals surface area contributed by atoms with Gasteiger partial charge >= 0.3 is 0 Å². The molecular weight excluding hydrogens is 395 g/mol. The summed E-state index contributed by atoms with van der Waals surface area (Å²) in [6.45, 7) is 0. The van der Waals surface area contributed by atoms with Crippen LogP contribution in [-0.4, -0.2) is 17.6 Å². The number of amides is 2. The van der Waals surface area contributed by atoms with Crippen LogP contribution in [0.4, 0.5) is 11.4 Å². The van der Waals surface area contributed by atoms with Crippen LogP contribution in [0.25, 0.3) is 0 Å². The Morgan fingerprint density at radius 3 is 2.45 bits per heavy atom. The van der Waals surface area contributed by atoms with Crippen LogP contribution in [0.5, 0.6) is 0 Å². The van der Waals surface area contributed by atoms with E-state index in [1.54, 1.807) is 36.4 Å². The van der Waals surface area contributed by atoms with Crippen molar-refractivity contribution in [3.63, 3.8) is 0 Å². The first-order valence-corrected chi connectivity index (χ1v) is 7.64. The summed E-state index contributed by atoms with van der Waals surface area (Å²) < 4.78 is 1.02. The summed E-state index contributed by atoms with van der Waals surface area (Å²) in [5, 5.41) is 5.14. The minimum absolute atomic E-state index is 0.469. The zero-order chi connectivity index (χ0) is 15.7. The van der Waals surface area contributed by atoms with Gasteiger partial charge in [-0.15, -0.1) is 0 Å². The predicted molar refractivity (Wildman–Crippen MR) is 90.6 cm³/mol. The number of ketones is 1. The molecule has 0 saturated heterocycles. The van der Waals surface area contributed by atoms with Crippen LogP contribution in [-0.2, 0) is 14.4 Å². The summed E-state index contributed by atoms with van der Waals surface area (Å²) >= 11 is 2.14. The van der Waals surface area contributed by atoms with Crippen LogP contribution in [0.3, 0.4) is 0 Å². The third-order valence-electron chi connectivity index (χ3n) is 3.38. The van der Waals surface area contributed by atoms with E-state index in [1.807, 2.05) is 12.1 Å². The molecule has 0 fully saturated rings. The molecule has 3 rings (SSSR count). The quantitative estimate of drug-likeness (QED) is 0.468. The van der Waals surface area contributed by atoms with Crippen molar-refractivity contribution in [3.8, 4) is 0 Å². The molecule has 2 amide bonds. The Kier molecular flexibility index (Phi) is 3.93. The van der Waals surface area contributed by atoms with E-state index in [0.717, 1.165) is 3.57 Å². The fraction of sp³-hybridized carbons (Fsp3) is 0.0625. The first kappa shape index (κ1) is 14.7. The SMILES string of the molecule is O=C(Nc1ccc(I)cc1)C(=O)[C@@H]1C(=O)Nc2ccccc21. The number of para-hydroxylation sites is 1. The summed E-state index contributed by atoms with van der Waals surface area (Å²) in [6, 6.07) is 13.9. The second kappa shape index (κ2) is 5.88. The van der Waals surface area contributed by atoms with E-state index in [0.29, 0.717) is 16.9 Å². The lowest BCUT2D eigenvalue weighted by molar-refractivity contribution is -0.138. The van der Waals surface area contributed by atoms with E-state index in [2.05, 4.69) is 33.2 Å². The molecule has 1 aliphatic rings.